The van der Waals surface area contributed by atoms with E-state index in [1.54, 1.807) is 42.5 Å². The molecule has 0 amide bonds. The Labute approximate surface area is 130 Å². The molecule has 0 aromatic heterocycles. The Hall–Kier alpha value is -1.23. The molecule has 2 aromatic rings. The topological polar surface area (TPSA) is 52.3 Å². The zero-order valence-corrected chi connectivity index (χ0v) is 12.8. The third-order valence-corrected chi connectivity index (χ3v) is 4.58. The van der Waals surface area contributed by atoms with Gasteiger partial charge in [0.2, 0.25) is 0 Å². The van der Waals surface area contributed by atoms with Crippen molar-refractivity contribution < 1.29 is 8.95 Å². The molecule has 2 aromatic carbocycles. The number of rotatable bonds is 5. The highest BCUT2D eigenvalue weighted by atomic mass is 35.5. The number of nitrogen functional groups attached to an aromatic ring is 1. The first-order chi connectivity index (χ1) is 9.56. The quantitative estimate of drug-likeness (QED) is 0.849. The molecular weight excluding hydrogens is 317 g/mol. The fourth-order valence-electron chi connectivity index (χ4n) is 1.60. The largest absolute Gasteiger partial charge is 0.493 e. The lowest BCUT2D eigenvalue weighted by molar-refractivity contribution is 0.343. The first-order valence-corrected chi connectivity index (χ1v) is 7.95. The van der Waals surface area contributed by atoms with E-state index in [9.17, 15) is 4.21 Å². The zero-order chi connectivity index (χ0) is 14.5. The van der Waals surface area contributed by atoms with Crippen molar-refractivity contribution in [3.8, 4) is 5.75 Å². The van der Waals surface area contributed by atoms with Crippen molar-refractivity contribution in [3.63, 3.8) is 0 Å². The van der Waals surface area contributed by atoms with E-state index in [0.29, 0.717) is 38.7 Å². The molecule has 20 heavy (non-hydrogen) atoms. The molecule has 2 N–H and O–H groups in total. The lowest BCUT2D eigenvalue weighted by atomic mass is 10.3. The van der Waals surface area contributed by atoms with Gasteiger partial charge in [-0.25, -0.2) is 0 Å². The summed E-state index contributed by atoms with van der Waals surface area (Å²) in [5.74, 6) is 0.980. The summed E-state index contributed by atoms with van der Waals surface area (Å²) in [7, 11) is -1.26. The summed E-state index contributed by atoms with van der Waals surface area (Å²) in [6.45, 7) is 0.304. The van der Waals surface area contributed by atoms with Crippen molar-refractivity contribution in [2.75, 3.05) is 18.1 Å². The normalized spacial score (nSPS) is 12.1. The Morgan fingerprint density at radius 3 is 2.70 bits per heavy atom. The smallest absolute Gasteiger partial charge is 0.121 e. The number of halogens is 2. The van der Waals surface area contributed by atoms with Gasteiger partial charge in [0.25, 0.3) is 0 Å². The first-order valence-electron chi connectivity index (χ1n) is 5.88. The maximum atomic E-state index is 12.1. The molecular formula is C14H13Cl2NO2S. The van der Waals surface area contributed by atoms with Gasteiger partial charge in [0, 0.05) is 16.8 Å². The van der Waals surface area contributed by atoms with Crippen molar-refractivity contribution in [2.24, 2.45) is 0 Å². The molecule has 1 unspecified atom stereocenters. The molecule has 0 spiro atoms. The molecule has 6 heteroatoms. The monoisotopic (exact) mass is 329 g/mol. The molecule has 0 heterocycles. The fourth-order valence-corrected chi connectivity index (χ4v) is 3.21. The highest BCUT2D eigenvalue weighted by Crippen LogP contribution is 2.24. The van der Waals surface area contributed by atoms with Crippen LogP contribution in [0.4, 0.5) is 5.69 Å². The lowest BCUT2D eigenvalue weighted by Crippen LogP contribution is -2.09. The van der Waals surface area contributed by atoms with Crippen LogP contribution in [0.2, 0.25) is 10.0 Å². The first kappa shape index (κ1) is 15.2. The molecule has 1 atom stereocenters. The van der Waals surface area contributed by atoms with E-state index in [-0.39, 0.29) is 0 Å². The van der Waals surface area contributed by atoms with E-state index in [1.165, 1.54) is 0 Å². The van der Waals surface area contributed by atoms with Crippen LogP contribution in [0.15, 0.2) is 47.4 Å². The number of benzene rings is 2. The SMILES string of the molecule is Nc1cccc(OCCS(=O)c2cc(Cl)ccc2Cl)c1. The van der Waals surface area contributed by atoms with Crippen molar-refractivity contribution in [1.29, 1.82) is 0 Å². The summed E-state index contributed by atoms with van der Waals surface area (Å²) < 4.78 is 17.6. The Balaban J connectivity index is 1.94. The van der Waals surface area contributed by atoms with Gasteiger partial charge in [0.1, 0.15) is 12.4 Å². The van der Waals surface area contributed by atoms with Gasteiger partial charge in [-0.3, -0.25) is 4.21 Å². The van der Waals surface area contributed by atoms with Crippen LogP contribution in [0.3, 0.4) is 0 Å². The average molecular weight is 330 g/mol. The average Bonchev–Trinajstić information content (AvgIpc) is 2.41. The Morgan fingerprint density at radius 1 is 1.15 bits per heavy atom. The van der Waals surface area contributed by atoms with Crippen molar-refractivity contribution in [3.05, 3.63) is 52.5 Å². The lowest BCUT2D eigenvalue weighted by Gasteiger charge is -2.08. The summed E-state index contributed by atoms with van der Waals surface area (Å²) in [6, 6.07) is 12.0. The van der Waals surface area contributed by atoms with Gasteiger partial charge in [-0.1, -0.05) is 29.3 Å². The third kappa shape index (κ3) is 4.13. The predicted octanol–water partition coefficient (Wildman–Crippen LogP) is 3.76. The summed E-state index contributed by atoms with van der Waals surface area (Å²) in [5.41, 5.74) is 6.27. The van der Waals surface area contributed by atoms with E-state index in [1.807, 2.05) is 0 Å². The molecule has 0 fully saturated rings. The maximum absolute atomic E-state index is 12.1. The minimum Gasteiger partial charge on any atom is -0.493 e. The van der Waals surface area contributed by atoms with E-state index >= 15 is 0 Å². The molecule has 2 rings (SSSR count). The highest BCUT2D eigenvalue weighted by Gasteiger charge is 2.09. The van der Waals surface area contributed by atoms with E-state index < -0.39 is 10.8 Å². The van der Waals surface area contributed by atoms with Crippen LogP contribution in [0.5, 0.6) is 5.75 Å². The van der Waals surface area contributed by atoms with Gasteiger partial charge in [0.15, 0.2) is 0 Å². The fraction of sp³-hybridized carbons (Fsp3) is 0.143. The van der Waals surface area contributed by atoms with Crippen LogP contribution in [-0.4, -0.2) is 16.6 Å². The number of hydrogen-bond donors (Lipinski definition) is 1. The van der Waals surface area contributed by atoms with Crippen molar-refractivity contribution in [1.82, 2.24) is 0 Å². The molecule has 0 radical (unpaired) electrons. The van der Waals surface area contributed by atoms with Gasteiger partial charge < -0.3 is 10.5 Å². The second kappa shape index (κ2) is 6.97. The Bertz CT molecular complexity index is 634. The summed E-state index contributed by atoms with van der Waals surface area (Å²) >= 11 is 11.9. The summed E-state index contributed by atoms with van der Waals surface area (Å²) in [6.07, 6.45) is 0. The minimum atomic E-state index is -1.26. The molecule has 0 aliphatic heterocycles. The number of anilines is 1. The van der Waals surface area contributed by atoms with Crippen molar-refractivity contribution >= 4 is 39.7 Å². The molecule has 106 valence electrons. The van der Waals surface area contributed by atoms with Gasteiger partial charge >= 0.3 is 0 Å². The van der Waals surface area contributed by atoms with Gasteiger partial charge in [-0.15, -0.1) is 0 Å². The van der Waals surface area contributed by atoms with Gasteiger partial charge in [0.05, 0.1) is 26.5 Å². The van der Waals surface area contributed by atoms with Gasteiger partial charge in [-0.2, -0.15) is 0 Å². The third-order valence-electron chi connectivity index (χ3n) is 2.53. The van der Waals surface area contributed by atoms with E-state index in [4.69, 9.17) is 33.7 Å². The number of hydrogen-bond acceptors (Lipinski definition) is 3. The molecule has 0 bridgehead atoms. The molecule has 0 aliphatic rings. The second-order valence-corrected chi connectivity index (χ2v) is 6.43. The molecule has 0 saturated carbocycles. The Kier molecular flexibility index (Phi) is 5.29. The second-order valence-electron chi connectivity index (χ2n) is 4.05. The summed E-state index contributed by atoms with van der Waals surface area (Å²) in [5, 5.41) is 0.950. The summed E-state index contributed by atoms with van der Waals surface area (Å²) in [4.78, 5) is 0.523. The number of ether oxygens (including phenoxy) is 1. The highest BCUT2D eigenvalue weighted by molar-refractivity contribution is 7.85. The van der Waals surface area contributed by atoms with Crippen molar-refractivity contribution in [2.45, 2.75) is 4.90 Å². The standard InChI is InChI=1S/C14H13Cl2NO2S/c15-10-4-5-13(16)14(8-10)20(18)7-6-19-12-3-1-2-11(17)9-12/h1-5,8-9H,6-7,17H2. The van der Waals surface area contributed by atoms with Crippen LogP contribution in [0, 0.1) is 0 Å². The van der Waals surface area contributed by atoms with Crippen LogP contribution < -0.4 is 10.5 Å². The van der Waals surface area contributed by atoms with Gasteiger partial charge in [-0.05, 0) is 30.3 Å². The maximum Gasteiger partial charge on any atom is 0.121 e. The van der Waals surface area contributed by atoms with Crippen LogP contribution >= 0.6 is 23.2 Å². The minimum absolute atomic E-state index is 0.304. The zero-order valence-electron chi connectivity index (χ0n) is 10.5. The Morgan fingerprint density at radius 2 is 1.95 bits per heavy atom. The van der Waals surface area contributed by atoms with Crippen LogP contribution in [0.1, 0.15) is 0 Å². The molecule has 0 aliphatic carbocycles. The molecule has 0 saturated heterocycles. The predicted molar refractivity (Wildman–Crippen MR) is 84.1 cm³/mol. The molecule has 3 nitrogen and oxygen atoms in total. The van der Waals surface area contributed by atoms with Crippen LogP contribution in [0.25, 0.3) is 0 Å². The van der Waals surface area contributed by atoms with E-state index in [0.717, 1.165) is 0 Å². The number of nitrogens with two attached hydrogens (primary N) is 1. The van der Waals surface area contributed by atoms with Crippen LogP contribution in [-0.2, 0) is 10.8 Å². The van der Waals surface area contributed by atoms with E-state index in [2.05, 4.69) is 0 Å².